The van der Waals surface area contributed by atoms with Gasteiger partial charge in [0.25, 0.3) is 5.91 Å². The molecule has 1 N–H and O–H groups in total. The first-order valence-electron chi connectivity index (χ1n) is 8.56. The van der Waals surface area contributed by atoms with Crippen LogP contribution >= 0.6 is 0 Å². The SMILES string of the molecule is Cc1cc(=O)c(C(=O)Nc2ccnn2CC(C)C)nn1-c1ccccc1F. The predicted octanol–water partition coefficient (Wildman–Crippen LogP) is 2.78. The van der Waals surface area contributed by atoms with E-state index in [0.29, 0.717) is 24.0 Å². The van der Waals surface area contributed by atoms with E-state index in [2.05, 4.69) is 15.5 Å². The monoisotopic (exact) mass is 369 g/mol. The van der Waals surface area contributed by atoms with Gasteiger partial charge in [-0.05, 0) is 25.0 Å². The summed E-state index contributed by atoms with van der Waals surface area (Å²) in [4.78, 5) is 24.9. The fourth-order valence-electron chi connectivity index (χ4n) is 2.68. The number of nitrogens with one attached hydrogen (secondary N) is 1. The molecular weight excluding hydrogens is 349 g/mol. The highest BCUT2D eigenvalue weighted by Crippen LogP contribution is 2.14. The number of benzene rings is 1. The minimum atomic E-state index is -0.671. The highest BCUT2D eigenvalue weighted by Gasteiger charge is 2.18. The average molecular weight is 369 g/mol. The Kier molecular flexibility index (Phi) is 5.16. The molecule has 140 valence electrons. The summed E-state index contributed by atoms with van der Waals surface area (Å²) in [6.45, 7) is 6.30. The zero-order valence-corrected chi connectivity index (χ0v) is 15.3. The van der Waals surface area contributed by atoms with Crippen LogP contribution < -0.4 is 10.7 Å². The van der Waals surface area contributed by atoms with Crippen LogP contribution in [0.5, 0.6) is 0 Å². The third-order valence-corrected chi connectivity index (χ3v) is 3.90. The summed E-state index contributed by atoms with van der Waals surface area (Å²) >= 11 is 0. The number of carbonyl (C=O) groups excluding carboxylic acids is 1. The van der Waals surface area contributed by atoms with Gasteiger partial charge >= 0.3 is 0 Å². The summed E-state index contributed by atoms with van der Waals surface area (Å²) in [6.07, 6.45) is 1.57. The molecule has 2 heterocycles. The Morgan fingerprint density at radius 3 is 2.70 bits per heavy atom. The molecule has 0 radical (unpaired) electrons. The molecule has 0 atom stereocenters. The number of aromatic nitrogens is 4. The van der Waals surface area contributed by atoms with E-state index in [1.165, 1.54) is 22.9 Å². The first-order valence-corrected chi connectivity index (χ1v) is 8.56. The second kappa shape index (κ2) is 7.53. The van der Waals surface area contributed by atoms with E-state index < -0.39 is 17.2 Å². The second-order valence-corrected chi connectivity index (χ2v) is 6.61. The van der Waals surface area contributed by atoms with Crippen molar-refractivity contribution in [3.63, 3.8) is 0 Å². The van der Waals surface area contributed by atoms with Crippen LogP contribution in [0.1, 0.15) is 30.0 Å². The number of anilines is 1. The summed E-state index contributed by atoms with van der Waals surface area (Å²) < 4.78 is 17.0. The Bertz CT molecular complexity index is 1040. The first kappa shape index (κ1) is 18.5. The lowest BCUT2D eigenvalue weighted by Crippen LogP contribution is -2.28. The predicted molar refractivity (Wildman–Crippen MR) is 99.5 cm³/mol. The molecule has 0 fully saturated rings. The van der Waals surface area contributed by atoms with Crippen molar-refractivity contribution in [3.05, 3.63) is 70.0 Å². The van der Waals surface area contributed by atoms with E-state index in [-0.39, 0.29) is 11.4 Å². The van der Waals surface area contributed by atoms with E-state index >= 15 is 0 Å². The number of rotatable bonds is 5. The van der Waals surface area contributed by atoms with Gasteiger partial charge in [0.05, 0.1) is 6.20 Å². The molecule has 3 rings (SSSR count). The minimum absolute atomic E-state index is 0.161. The van der Waals surface area contributed by atoms with Crippen LogP contribution in [0, 0.1) is 18.7 Å². The Morgan fingerprint density at radius 2 is 2.00 bits per heavy atom. The van der Waals surface area contributed by atoms with Gasteiger partial charge in [0, 0.05) is 24.4 Å². The molecular formula is C19H20FN5O2. The molecule has 8 heteroatoms. The minimum Gasteiger partial charge on any atom is -0.305 e. The molecule has 2 aromatic heterocycles. The third kappa shape index (κ3) is 3.94. The van der Waals surface area contributed by atoms with Gasteiger partial charge in [-0.15, -0.1) is 0 Å². The number of aryl methyl sites for hydroxylation is 1. The quantitative estimate of drug-likeness (QED) is 0.750. The molecule has 7 nitrogen and oxygen atoms in total. The number of halogens is 1. The molecule has 0 unspecified atom stereocenters. The summed E-state index contributed by atoms with van der Waals surface area (Å²) in [5.74, 6) is -0.377. The summed E-state index contributed by atoms with van der Waals surface area (Å²) in [5, 5.41) is 10.9. The van der Waals surface area contributed by atoms with Crippen LogP contribution in [0.3, 0.4) is 0 Å². The van der Waals surface area contributed by atoms with Crippen molar-refractivity contribution in [2.45, 2.75) is 27.3 Å². The molecule has 0 aliphatic heterocycles. The molecule has 0 aliphatic rings. The maximum Gasteiger partial charge on any atom is 0.281 e. The van der Waals surface area contributed by atoms with E-state index in [4.69, 9.17) is 0 Å². The van der Waals surface area contributed by atoms with E-state index in [0.717, 1.165) is 0 Å². The van der Waals surface area contributed by atoms with Gasteiger partial charge in [-0.2, -0.15) is 10.2 Å². The van der Waals surface area contributed by atoms with Gasteiger partial charge in [-0.3, -0.25) is 9.59 Å². The Hall–Kier alpha value is -3.29. The van der Waals surface area contributed by atoms with Gasteiger partial charge in [0.2, 0.25) is 5.43 Å². The zero-order valence-electron chi connectivity index (χ0n) is 15.3. The number of carbonyl (C=O) groups is 1. The second-order valence-electron chi connectivity index (χ2n) is 6.61. The highest BCUT2D eigenvalue weighted by atomic mass is 19.1. The van der Waals surface area contributed by atoms with E-state index in [1.54, 1.807) is 36.0 Å². The lowest BCUT2D eigenvalue weighted by Gasteiger charge is -2.13. The van der Waals surface area contributed by atoms with Crippen LogP contribution in [-0.2, 0) is 6.54 Å². The number of nitrogens with zero attached hydrogens (tertiary/aromatic N) is 4. The van der Waals surface area contributed by atoms with Gasteiger partial charge in [-0.1, -0.05) is 26.0 Å². The standard InChI is InChI=1S/C19H20FN5O2/c1-12(2)11-24-17(8-9-21-24)22-19(27)18-16(26)10-13(3)25(23-18)15-7-5-4-6-14(15)20/h4-10,12H,11H2,1-3H3,(H,22,27). The smallest absolute Gasteiger partial charge is 0.281 e. The van der Waals surface area contributed by atoms with Gasteiger partial charge in [0.1, 0.15) is 17.3 Å². The molecule has 1 amide bonds. The lowest BCUT2D eigenvalue weighted by atomic mass is 10.2. The molecule has 0 spiro atoms. The lowest BCUT2D eigenvalue weighted by molar-refractivity contribution is 0.101. The molecule has 3 aromatic rings. The van der Waals surface area contributed by atoms with Gasteiger partial charge < -0.3 is 5.32 Å². The normalized spacial score (nSPS) is 11.0. The number of para-hydroxylation sites is 1. The van der Waals surface area contributed by atoms with Crippen molar-refractivity contribution < 1.29 is 9.18 Å². The first-order chi connectivity index (χ1) is 12.9. The Morgan fingerprint density at radius 1 is 1.26 bits per heavy atom. The van der Waals surface area contributed by atoms with Crippen LogP contribution in [0.2, 0.25) is 0 Å². The average Bonchev–Trinajstić information content (AvgIpc) is 3.02. The van der Waals surface area contributed by atoms with Crippen molar-refractivity contribution in [2.24, 2.45) is 5.92 Å². The molecule has 0 saturated carbocycles. The van der Waals surface area contributed by atoms with Crippen LogP contribution in [0.15, 0.2) is 47.4 Å². The summed E-state index contributed by atoms with van der Waals surface area (Å²) in [6, 6.07) is 8.93. The Balaban J connectivity index is 1.96. The molecule has 0 aliphatic carbocycles. The fraction of sp³-hybridized carbons (Fsp3) is 0.263. The van der Waals surface area contributed by atoms with Crippen molar-refractivity contribution in [2.75, 3.05) is 5.32 Å². The molecule has 0 saturated heterocycles. The number of amides is 1. The number of hydrogen-bond acceptors (Lipinski definition) is 4. The van der Waals surface area contributed by atoms with E-state index in [1.807, 2.05) is 13.8 Å². The van der Waals surface area contributed by atoms with Crippen molar-refractivity contribution in [3.8, 4) is 5.69 Å². The largest absolute Gasteiger partial charge is 0.305 e. The van der Waals surface area contributed by atoms with Gasteiger partial charge in [-0.25, -0.2) is 13.8 Å². The topological polar surface area (TPSA) is 81.8 Å². The molecule has 27 heavy (non-hydrogen) atoms. The van der Waals surface area contributed by atoms with Crippen LogP contribution in [0.4, 0.5) is 10.2 Å². The maximum absolute atomic E-state index is 14.1. The summed E-state index contributed by atoms with van der Waals surface area (Å²) in [7, 11) is 0. The Labute approximate surface area is 155 Å². The molecule has 1 aromatic carbocycles. The summed E-state index contributed by atoms with van der Waals surface area (Å²) in [5.41, 5.74) is -0.269. The molecule has 0 bridgehead atoms. The fourth-order valence-corrected chi connectivity index (χ4v) is 2.68. The van der Waals surface area contributed by atoms with Gasteiger partial charge in [0.15, 0.2) is 5.69 Å². The van der Waals surface area contributed by atoms with Crippen molar-refractivity contribution >= 4 is 11.7 Å². The van der Waals surface area contributed by atoms with E-state index in [9.17, 15) is 14.0 Å². The number of hydrogen-bond donors (Lipinski definition) is 1. The van der Waals surface area contributed by atoms with Crippen molar-refractivity contribution in [1.29, 1.82) is 0 Å². The van der Waals surface area contributed by atoms with Crippen LogP contribution in [-0.4, -0.2) is 25.5 Å². The maximum atomic E-state index is 14.1. The highest BCUT2D eigenvalue weighted by molar-refractivity contribution is 6.02. The third-order valence-electron chi connectivity index (χ3n) is 3.90. The van der Waals surface area contributed by atoms with Crippen LogP contribution in [0.25, 0.3) is 5.69 Å². The zero-order chi connectivity index (χ0) is 19.6. The van der Waals surface area contributed by atoms with Crippen molar-refractivity contribution in [1.82, 2.24) is 19.6 Å².